The lowest BCUT2D eigenvalue weighted by molar-refractivity contribution is -0.139. The Kier molecular flexibility index (Phi) is 2.96. The van der Waals surface area contributed by atoms with Crippen molar-refractivity contribution in [3.63, 3.8) is 0 Å². The maximum Gasteiger partial charge on any atom is 0.180 e. The van der Waals surface area contributed by atoms with Crippen LogP contribution in [0.25, 0.3) is 0 Å². The van der Waals surface area contributed by atoms with E-state index in [1.165, 1.54) is 0 Å². The summed E-state index contributed by atoms with van der Waals surface area (Å²) in [5.41, 5.74) is 0. The van der Waals surface area contributed by atoms with Crippen molar-refractivity contribution in [2.45, 2.75) is 18.8 Å². The highest BCUT2D eigenvalue weighted by Gasteiger charge is 2.39. The standard InChI is InChI=1S/C7H14O5S/c1-7(5-13(2,9)10)11-4-6(3-8)12-7/h6,8H,3-5H2,1-2H3/t6-,7-/m1/s1. The first-order valence-corrected chi connectivity index (χ1v) is 6.01. The Morgan fingerprint density at radius 1 is 1.62 bits per heavy atom. The lowest BCUT2D eigenvalue weighted by Gasteiger charge is -2.21. The average Bonchev–Trinajstić information content (AvgIpc) is 2.27. The molecule has 0 aromatic heterocycles. The smallest absolute Gasteiger partial charge is 0.180 e. The Morgan fingerprint density at radius 2 is 2.23 bits per heavy atom. The second kappa shape index (κ2) is 3.53. The monoisotopic (exact) mass is 210 g/mol. The molecule has 1 heterocycles. The summed E-state index contributed by atoms with van der Waals surface area (Å²) in [4.78, 5) is 0. The Morgan fingerprint density at radius 3 is 2.62 bits per heavy atom. The van der Waals surface area contributed by atoms with Crippen LogP contribution in [0.2, 0.25) is 0 Å². The van der Waals surface area contributed by atoms with Crippen LogP contribution in [0.15, 0.2) is 0 Å². The van der Waals surface area contributed by atoms with Gasteiger partial charge in [0.15, 0.2) is 15.6 Å². The highest BCUT2D eigenvalue weighted by molar-refractivity contribution is 7.90. The molecule has 1 aliphatic heterocycles. The van der Waals surface area contributed by atoms with Gasteiger partial charge in [-0.15, -0.1) is 0 Å². The van der Waals surface area contributed by atoms with E-state index in [-0.39, 0.29) is 19.0 Å². The van der Waals surface area contributed by atoms with E-state index < -0.39 is 21.7 Å². The van der Waals surface area contributed by atoms with E-state index in [0.717, 1.165) is 6.26 Å². The van der Waals surface area contributed by atoms with Gasteiger partial charge < -0.3 is 14.6 Å². The maximum absolute atomic E-state index is 11.0. The second-order valence-corrected chi connectivity index (χ2v) is 5.58. The van der Waals surface area contributed by atoms with E-state index in [0.29, 0.717) is 0 Å². The molecule has 0 aromatic rings. The zero-order valence-electron chi connectivity index (χ0n) is 7.69. The van der Waals surface area contributed by atoms with Crippen LogP contribution in [0.1, 0.15) is 6.92 Å². The number of aliphatic hydroxyl groups is 1. The molecule has 0 unspecified atom stereocenters. The number of rotatable bonds is 3. The lowest BCUT2D eigenvalue weighted by Crippen LogP contribution is -2.35. The fraction of sp³-hybridized carbons (Fsp3) is 1.00. The Hall–Kier alpha value is -0.170. The van der Waals surface area contributed by atoms with Crippen LogP contribution in [0.4, 0.5) is 0 Å². The number of aliphatic hydroxyl groups excluding tert-OH is 1. The molecule has 13 heavy (non-hydrogen) atoms. The van der Waals surface area contributed by atoms with Gasteiger partial charge >= 0.3 is 0 Å². The van der Waals surface area contributed by atoms with Crippen LogP contribution in [-0.4, -0.2) is 50.6 Å². The molecule has 2 atom stereocenters. The molecular weight excluding hydrogens is 196 g/mol. The number of sulfone groups is 1. The fourth-order valence-corrected chi connectivity index (χ4v) is 2.44. The van der Waals surface area contributed by atoms with Gasteiger partial charge in [0.05, 0.1) is 13.2 Å². The summed E-state index contributed by atoms with van der Waals surface area (Å²) in [5, 5.41) is 8.74. The molecule has 6 heteroatoms. The van der Waals surface area contributed by atoms with Crippen molar-refractivity contribution in [3.8, 4) is 0 Å². The summed E-state index contributed by atoms with van der Waals surface area (Å²) in [6.07, 6.45) is 0.712. The molecule has 1 aliphatic rings. The molecule has 78 valence electrons. The van der Waals surface area contributed by atoms with Gasteiger partial charge in [0.2, 0.25) is 0 Å². The van der Waals surface area contributed by atoms with Gasteiger partial charge in [-0.05, 0) is 6.92 Å². The van der Waals surface area contributed by atoms with Gasteiger partial charge in [0, 0.05) is 6.26 Å². The van der Waals surface area contributed by atoms with Crippen molar-refractivity contribution in [3.05, 3.63) is 0 Å². The predicted molar refractivity (Wildman–Crippen MR) is 46.0 cm³/mol. The van der Waals surface area contributed by atoms with Crippen LogP contribution in [0.5, 0.6) is 0 Å². The van der Waals surface area contributed by atoms with Crippen molar-refractivity contribution in [2.24, 2.45) is 0 Å². The van der Waals surface area contributed by atoms with Crippen molar-refractivity contribution in [2.75, 3.05) is 25.2 Å². The summed E-state index contributed by atoms with van der Waals surface area (Å²) in [6, 6.07) is 0. The summed E-state index contributed by atoms with van der Waals surface area (Å²) < 4.78 is 32.3. The summed E-state index contributed by atoms with van der Waals surface area (Å²) in [5.74, 6) is -1.28. The first-order valence-electron chi connectivity index (χ1n) is 3.95. The molecule has 5 nitrogen and oxygen atoms in total. The van der Waals surface area contributed by atoms with Crippen molar-refractivity contribution in [1.29, 1.82) is 0 Å². The van der Waals surface area contributed by atoms with Gasteiger partial charge in [-0.25, -0.2) is 8.42 Å². The van der Waals surface area contributed by atoms with Crippen LogP contribution < -0.4 is 0 Å². The second-order valence-electron chi connectivity index (χ2n) is 3.44. The Bertz CT molecular complexity index is 273. The number of hydrogen-bond acceptors (Lipinski definition) is 5. The fourth-order valence-electron chi connectivity index (χ4n) is 1.33. The topological polar surface area (TPSA) is 72.8 Å². The van der Waals surface area contributed by atoms with E-state index in [1.807, 2.05) is 0 Å². The Labute approximate surface area is 77.6 Å². The lowest BCUT2D eigenvalue weighted by atomic mass is 10.4. The minimum absolute atomic E-state index is 0.153. The molecular formula is C7H14O5S. The predicted octanol–water partition coefficient (Wildman–Crippen LogP) is -0.845. The third-order valence-corrected chi connectivity index (χ3v) is 2.77. The van der Waals surface area contributed by atoms with Gasteiger partial charge in [-0.2, -0.15) is 0 Å². The molecule has 0 spiro atoms. The van der Waals surface area contributed by atoms with E-state index >= 15 is 0 Å². The zero-order valence-corrected chi connectivity index (χ0v) is 8.50. The third-order valence-electron chi connectivity index (χ3n) is 1.72. The molecule has 0 bridgehead atoms. The molecule has 0 amide bonds. The number of hydrogen-bond donors (Lipinski definition) is 1. The molecule has 1 rings (SSSR count). The van der Waals surface area contributed by atoms with Gasteiger partial charge in [-0.3, -0.25) is 0 Å². The van der Waals surface area contributed by atoms with Crippen molar-refractivity contribution in [1.82, 2.24) is 0 Å². The number of ether oxygens (including phenoxy) is 2. The minimum Gasteiger partial charge on any atom is -0.394 e. The molecule has 0 aliphatic carbocycles. The largest absolute Gasteiger partial charge is 0.394 e. The molecule has 0 radical (unpaired) electrons. The molecule has 0 saturated carbocycles. The van der Waals surface area contributed by atoms with Crippen molar-refractivity contribution >= 4 is 9.84 Å². The van der Waals surface area contributed by atoms with E-state index in [9.17, 15) is 8.42 Å². The zero-order chi connectivity index (χ0) is 10.1. The van der Waals surface area contributed by atoms with Crippen LogP contribution >= 0.6 is 0 Å². The maximum atomic E-state index is 11.0. The van der Waals surface area contributed by atoms with E-state index in [4.69, 9.17) is 14.6 Å². The molecule has 0 aromatic carbocycles. The first-order chi connectivity index (χ1) is 5.85. The Balaban J connectivity index is 2.60. The van der Waals surface area contributed by atoms with Crippen LogP contribution in [0, 0.1) is 0 Å². The van der Waals surface area contributed by atoms with E-state index in [1.54, 1.807) is 6.92 Å². The normalized spacial score (nSPS) is 35.2. The molecule has 1 saturated heterocycles. The SMILES string of the molecule is C[C@@]1(CS(C)(=O)=O)OC[C@@H](CO)O1. The van der Waals surface area contributed by atoms with Gasteiger partial charge in [0.1, 0.15) is 11.9 Å². The van der Waals surface area contributed by atoms with Crippen LogP contribution in [-0.2, 0) is 19.3 Å². The van der Waals surface area contributed by atoms with Crippen LogP contribution in [0.3, 0.4) is 0 Å². The van der Waals surface area contributed by atoms with Gasteiger partial charge in [0.25, 0.3) is 0 Å². The van der Waals surface area contributed by atoms with Gasteiger partial charge in [-0.1, -0.05) is 0 Å². The summed E-state index contributed by atoms with van der Waals surface area (Å²) >= 11 is 0. The molecule has 1 fully saturated rings. The first kappa shape index (κ1) is 10.9. The highest BCUT2D eigenvalue weighted by Crippen LogP contribution is 2.24. The van der Waals surface area contributed by atoms with Crippen molar-refractivity contribution < 1.29 is 23.0 Å². The third kappa shape index (κ3) is 3.22. The average molecular weight is 210 g/mol. The highest BCUT2D eigenvalue weighted by atomic mass is 32.2. The summed E-state index contributed by atoms with van der Waals surface area (Å²) in [6.45, 7) is 1.64. The molecule has 1 N–H and O–H groups in total. The quantitative estimate of drug-likeness (QED) is 0.657. The summed E-state index contributed by atoms with van der Waals surface area (Å²) in [7, 11) is -3.13. The van der Waals surface area contributed by atoms with E-state index in [2.05, 4.69) is 0 Å². The minimum atomic E-state index is -3.13.